The van der Waals surface area contributed by atoms with Gasteiger partial charge >= 0.3 is 0 Å². The summed E-state index contributed by atoms with van der Waals surface area (Å²) in [6, 6.07) is 7.92. The van der Waals surface area contributed by atoms with Crippen molar-refractivity contribution in [2.24, 2.45) is 0 Å². The molecule has 0 amide bonds. The van der Waals surface area contributed by atoms with Gasteiger partial charge in [0.25, 0.3) is 0 Å². The van der Waals surface area contributed by atoms with Crippen LogP contribution >= 0.6 is 11.6 Å². The molecule has 0 aromatic heterocycles. The molecule has 0 aliphatic carbocycles. The number of likely N-dealkylation sites (N-methyl/N-ethyl adjacent to an activating group) is 1. The molecule has 1 unspecified atom stereocenters. The van der Waals surface area contributed by atoms with E-state index in [1.165, 1.54) is 5.56 Å². The molecule has 1 aromatic carbocycles. The summed E-state index contributed by atoms with van der Waals surface area (Å²) >= 11 is 5.93. The molecule has 3 heteroatoms. The molecule has 78 valence electrons. The van der Waals surface area contributed by atoms with Gasteiger partial charge in [-0.1, -0.05) is 23.7 Å². The average molecular weight is 214 g/mol. The molecule has 0 saturated carbocycles. The van der Waals surface area contributed by atoms with Crippen molar-refractivity contribution in [3.05, 3.63) is 34.9 Å². The second kappa shape index (κ2) is 6.02. The molecule has 1 atom stereocenters. The summed E-state index contributed by atoms with van der Waals surface area (Å²) in [6.07, 6.45) is 0. The van der Waals surface area contributed by atoms with Crippen molar-refractivity contribution in [3.63, 3.8) is 0 Å². The first-order chi connectivity index (χ1) is 6.77. The van der Waals surface area contributed by atoms with E-state index in [0.29, 0.717) is 12.5 Å². The number of rotatable bonds is 5. The van der Waals surface area contributed by atoms with E-state index >= 15 is 0 Å². The van der Waals surface area contributed by atoms with Crippen molar-refractivity contribution in [1.29, 1.82) is 0 Å². The Morgan fingerprint density at radius 2 is 2.29 bits per heavy atom. The van der Waals surface area contributed by atoms with Gasteiger partial charge in [0.05, 0.1) is 6.61 Å². The summed E-state index contributed by atoms with van der Waals surface area (Å²) in [5, 5.41) is 3.92. The minimum Gasteiger partial charge on any atom is -0.384 e. The maximum atomic E-state index is 5.93. The van der Waals surface area contributed by atoms with Crippen LogP contribution in [0.4, 0.5) is 0 Å². The predicted molar refractivity (Wildman–Crippen MR) is 60.0 cm³/mol. The van der Waals surface area contributed by atoms with Crippen LogP contribution in [-0.4, -0.2) is 27.3 Å². The first kappa shape index (κ1) is 11.5. The third-order valence-electron chi connectivity index (χ3n) is 2.14. The third-order valence-corrected chi connectivity index (χ3v) is 2.37. The zero-order valence-electron chi connectivity index (χ0n) is 8.59. The fourth-order valence-corrected chi connectivity index (χ4v) is 1.68. The fourth-order valence-electron chi connectivity index (χ4n) is 1.48. The standard InChI is InChI=1S/C11H16ClNO/c1-13-7-10(8-14-2)9-4-3-5-11(12)6-9/h3-6,10,13H,7-8H2,1-2H3. The Morgan fingerprint density at radius 3 is 2.86 bits per heavy atom. The quantitative estimate of drug-likeness (QED) is 0.811. The molecule has 14 heavy (non-hydrogen) atoms. The van der Waals surface area contributed by atoms with E-state index in [4.69, 9.17) is 16.3 Å². The Bertz CT molecular complexity index is 272. The van der Waals surface area contributed by atoms with Crippen LogP contribution in [0.1, 0.15) is 11.5 Å². The maximum Gasteiger partial charge on any atom is 0.0543 e. The molecule has 0 aliphatic heterocycles. The van der Waals surface area contributed by atoms with E-state index in [2.05, 4.69) is 11.4 Å². The van der Waals surface area contributed by atoms with E-state index in [9.17, 15) is 0 Å². The second-order valence-corrected chi connectivity index (χ2v) is 3.70. The van der Waals surface area contributed by atoms with Crippen LogP contribution in [-0.2, 0) is 4.74 Å². The molecule has 1 N–H and O–H groups in total. The van der Waals surface area contributed by atoms with Gasteiger partial charge in [-0.2, -0.15) is 0 Å². The van der Waals surface area contributed by atoms with Crippen LogP contribution in [0.3, 0.4) is 0 Å². The van der Waals surface area contributed by atoms with Gasteiger partial charge in [-0.15, -0.1) is 0 Å². The molecule has 0 radical (unpaired) electrons. The smallest absolute Gasteiger partial charge is 0.0543 e. The zero-order chi connectivity index (χ0) is 10.4. The highest BCUT2D eigenvalue weighted by Gasteiger charge is 2.10. The predicted octanol–water partition coefficient (Wildman–Crippen LogP) is 2.29. The van der Waals surface area contributed by atoms with E-state index < -0.39 is 0 Å². The van der Waals surface area contributed by atoms with Crippen molar-refractivity contribution in [1.82, 2.24) is 5.32 Å². The lowest BCUT2D eigenvalue weighted by Crippen LogP contribution is -2.20. The van der Waals surface area contributed by atoms with Gasteiger partial charge in [-0.25, -0.2) is 0 Å². The lowest BCUT2D eigenvalue weighted by atomic mass is 10.0. The summed E-state index contributed by atoms with van der Waals surface area (Å²) in [5.41, 5.74) is 1.22. The van der Waals surface area contributed by atoms with E-state index in [1.54, 1.807) is 7.11 Å². The molecule has 0 heterocycles. The number of nitrogens with one attached hydrogen (secondary N) is 1. The number of ether oxygens (including phenoxy) is 1. The summed E-state index contributed by atoms with van der Waals surface area (Å²) in [6.45, 7) is 1.61. The molecule has 0 saturated heterocycles. The average Bonchev–Trinajstić information content (AvgIpc) is 2.17. The summed E-state index contributed by atoms with van der Waals surface area (Å²) in [5.74, 6) is 0.365. The van der Waals surface area contributed by atoms with Crippen molar-refractivity contribution in [3.8, 4) is 0 Å². The van der Waals surface area contributed by atoms with Crippen molar-refractivity contribution < 1.29 is 4.74 Å². The normalized spacial score (nSPS) is 12.8. The van der Waals surface area contributed by atoms with Gasteiger partial charge in [0.2, 0.25) is 0 Å². The highest BCUT2D eigenvalue weighted by molar-refractivity contribution is 6.30. The van der Waals surface area contributed by atoms with E-state index in [-0.39, 0.29) is 0 Å². The van der Waals surface area contributed by atoms with Gasteiger partial charge in [0, 0.05) is 24.6 Å². The van der Waals surface area contributed by atoms with Crippen LogP contribution in [0.5, 0.6) is 0 Å². The number of benzene rings is 1. The van der Waals surface area contributed by atoms with Crippen molar-refractivity contribution in [2.45, 2.75) is 5.92 Å². The lowest BCUT2D eigenvalue weighted by Gasteiger charge is -2.16. The molecule has 0 bridgehead atoms. The Balaban J connectivity index is 2.75. The summed E-state index contributed by atoms with van der Waals surface area (Å²) in [7, 11) is 3.65. The highest BCUT2D eigenvalue weighted by Crippen LogP contribution is 2.19. The third kappa shape index (κ3) is 3.29. The number of methoxy groups -OCH3 is 1. The Labute approximate surface area is 90.2 Å². The number of hydrogen-bond acceptors (Lipinski definition) is 2. The largest absolute Gasteiger partial charge is 0.384 e. The Morgan fingerprint density at radius 1 is 1.50 bits per heavy atom. The zero-order valence-corrected chi connectivity index (χ0v) is 9.34. The SMILES string of the molecule is CNCC(COC)c1cccc(Cl)c1. The first-order valence-corrected chi connectivity index (χ1v) is 5.04. The molecule has 1 aromatic rings. The molecular formula is C11H16ClNO. The van der Waals surface area contributed by atoms with Gasteiger partial charge in [0.1, 0.15) is 0 Å². The molecule has 0 aliphatic rings. The molecule has 0 spiro atoms. The highest BCUT2D eigenvalue weighted by atomic mass is 35.5. The lowest BCUT2D eigenvalue weighted by molar-refractivity contribution is 0.178. The van der Waals surface area contributed by atoms with Gasteiger partial charge < -0.3 is 10.1 Å². The first-order valence-electron chi connectivity index (χ1n) is 4.67. The fraction of sp³-hybridized carbons (Fsp3) is 0.455. The number of hydrogen-bond donors (Lipinski definition) is 1. The van der Waals surface area contributed by atoms with Crippen LogP contribution in [0.2, 0.25) is 5.02 Å². The molecule has 1 rings (SSSR count). The Kier molecular flexibility index (Phi) is 4.94. The number of halogens is 1. The van der Waals surface area contributed by atoms with Crippen LogP contribution in [0.25, 0.3) is 0 Å². The van der Waals surface area contributed by atoms with E-state index in [0.717, 1.165) is 11.6 Å². The minimum absolute atomic E-state index is 0.365. The maximum absolute atomic E-state index is 5.93. The minimum atomic E-state index is 0.365. The monoisotopic (exact) mass is 213 g/mol. The van der Waals surface area contributed by atoms with Crippen molar-refractivity contribution >= 4 is 11.6 Å². The van der Waals surface area contributed by atoms with Gasteiger partial charge in [-0.05, 0) is 24.7 Å². The summed E-state index contributed by atoms with van der Waals surface area (Å²) < 4.78 is 5.17. The topological polar surface area (TPSA) is 21.3 Å². The second-order valence-electron chi connectivity index (χ2n) is 3.26. The van der Waals surface area contributed by atoms with E-state index in [1.807, 2.05) is 25.2 Å². The Hall–Kier alpha value is -0.570. The van der Waals surface area contributed by atoms with Crippen LogP contribution in [0.15, 0.2) is 24.3 Å². The molecular weight excluding hydrogens is 198 g/mol. The summed E-state index contributed by atoms with van der Waals surface area (Å²) in [4.78, 5) is 0. The van der Waals surface area contributed by atoms with Gasteiger partial charge in [-0.3, -0.25) is 0 Å². The van der Waals surface area contributed by atoms with Gasteiger partial charge in [0.15, 0.2) is 0 Å². The molecule has 2 nitrogen and oxygen atoms in total. The molecule has 0 fully saturated rings. The van der Waals surface area contributed by atoms with Crippen molar-refractivity contribution in [2.75, 3.05) is 27.3 Å². The van der Waals surface area contributed by atoms with Crippen LogP contribution < -0.4 is 5.32 Å². The van der Waals surface area contributed by atoms with Crippen LogP contribution in [0, 0.1) is 0 Å².